The molecule has 1 aliphatic rings. The second-order valence-electron chi connectivity index (χ2n) is 8.52. The number of nitrogens with zero attached hydrogens (tertiary/aromatic N) is 4. The number of aryl methyl sites for hydroxylation is 1. The molecule has 0 aliphatic carbocycles. The van der Waals surface area contributed by atoms with Crippen LogP contribution in [-0.2, 0) is 0 Å². The molecule has 0 radical (unpaired) electrons. The van der Waals surface area contributed by atoms with Gasteiger partial charge in [0.25, 0.3) is 5.91 Å². The Labute approximate surface area is 219 Å². The maximum absolute atomic E-state index is 13.7. The van der Waals surface area contributed by atoms with E-state index < -0.39 is 0 Å². The Bertz CT molecular complexity index is 1390. The molecule has 3 heterocycles. The number of furan rings is 1. The van der Waals surface area contributed by atoms with Crippen LogP contribution in [0.5, 0.6) is 5.75 Å². The summed E-state index contributed by atoms with van der Waals surface area (Å²) < 4.78 is 13.2. The molecular formula is C27H26Cl2N4O3. The van der Waals surface area contributed by atoms with Crippen molar-refractivity contribution in [2.75, 3.05) is 37.7 Å². The van der Waals surface area contributed by atoms with Gasteiger partial charge in [-0.3, -0.25) is 4.79 Å². The molecule has 0 N–H and O–H groups in total. The van der Waals surface area contributed by atoms with E-state index in [1.165, 1.54) is 0 Å². The van der Waals surface area contributed by atoms with E-state index >= 15 is 0 Å². The second-order valence-corrected chi connectivity index (χ2v) is 9.33. The average Bonchev–Trinajstić information content (AvgIpc) is 3.53. The van der Waals surface area contributed by atoms with Crippen LogP contribution in [0.3, 0.4) is 0 Å². The first kappa shape index (κ1) is 24.3. The van der Waals surface area contributed by atoms with Crippen molar-refractivity contribution in [3.63, 3.8) is 0 Å². The minimum absolute atomic E-state index is 0.110. The summed E-state index contributed by atoms with van der Waals surface area (Å²) in [5.41, 5.74) is 2.69. The second kappa shape index (κ2) is 10.3. The molecular weight excluding hydrogens is 499 g/mol. The van der Waals surface area contributed by atoms with Crippen molar-refractivity contribution >= 4 is 34.8 Å². The van der Waals surface area contributed by atoms with Crippen molar-refractivity contribution in [1.29, 1.82) is 0 Å². The number of aromatic nitrogens is 2. The van der Waals surface area contributed by atoms with Gasteiger partial charge in [0.1, 0.15) is 22.9 Å². The van der Waals surface area contributed by atoms with Crippen LogP contribution in [0.15, 0.2) is 65.1 Å². The number of ether oxygens (including phenoxy) is 1. The van der Waals surface area contributed by atoms with Crippen molar-refractivity contribution in [2.45, 2.75) is 13.8 Å². The molecule has 0 saturated carbocycles. The molecule has 0 bridgehead atoms. The molecule has 0 atom stereocenters. The van der Waals surface area contributed by atoms with Gasteiger partial charge >= 0.3 is 0 Å². The summed E-state index contributed by atoms with van der Waals surface area (Å²) in [5, 5.41) is 5.52. The first-order valence-corrected chi connectivity index (χ1v) is 12.6. The maximum atomic E-state index is 13.7. The lowest BCUT2D eigenvalue weighted by Gasteiger charge is -2.36. The molecule has 36 heavy (non-hydrogen) atoms. The van der Waals surface area contributed by atoms with E-state index in [1.54, 1.807) is 28.9 Å². The normalized spacial score (nSPS) is 13.8. The summed E-state index contributed by atoms with van der Waals surface area (Å²) in [6.45, 7) is 6.98. The number of anilines is 1. The standard InChI is InChI=1S/C27H26Cl2N4O3/c1-3-35-26-7-5-4-6-23(26)31-12-14-32(15-13-31)27(34)24-17-22(25-11-8-18(2)36-25)30-33(24)19-9-10-20(28)21(29)16-19/h4-11,16-17H,3,12-15H2,1-2H3. The Morgan fingerprint density at radius 3 is 2.47 bits per heavy atom. The van der Waals surface area contributed by atoms with Crippen LogP contribution in [-0.4, -0.2) is 53.4 Å². The zero-order valence-electron chi connectivity index (χ0n) is 20.1. The molecule has 186 valence electrons. The van der Waals surface area contributed by atoms with Crippen molar-refractivity contribution in [1.82, 2.24) is 14.7 Å². The highest BCUT2D eigenvalue weighted by atomic mass is 35.5. The number of para-hydroxylation sites is 2. The molecule has 4 aromatic rings. The Balaban J connectivity index is 1.42. The van der Waals surface area contributed by atoms with Gasteiger partial charge in [-0.1, -0.05) is 35.3 Å². The van der Waals surface area contributed by atoms with Gasteiger partial charge in [-0.15, -0.1) is 0 Å². The van der Waals surface area contributed by atoms with E-state index in [1.807, 2.05) is 49.1 Å². The molecule has 0 spiro atoms. The lowest BCUT2D eigenvalue weighted by molar-refractivity contribution is 0.0737. The summed E-state index contributed by atoms with van der Waals surface area (Å²) in [4.78, 5) is 17.8. The van der Waals surface area contributed by atoms with Crippen molar-refractivity contribution in [2.24, 2.45) is 0 Å². The molecule has 2 aromatic carbocycles. The molecule has 1 amide bonds. The fourth-order valence-corrected chi connectivity index (χ4v) is 4.64. The molecule has 1 fully saturated rings. The van der Waals surface area contributed by atoms with Gasteiger partial charge in [0, 0.05) is 32.2 Å². The molecule has 2 aromatic heterocycles. The predicted molar refractivity (Wildman–Crippen MR) is 142 cm³/mol. The maximum Gasteiger partial charge on any atom is 0.272 e. The minimum Gasteiger partial charge on any atom is -0.492 e. The van der Waals surface area contributed by atoms with Gasteiger partial charge in [0.05, 0.1) is 28.0 Å². The first-order valence-electron chi connectivity index (χ1n) is 11.8. The summed E-state index contributed by atoms with van der Waals surface area (Å²) in [6.07, 6.45) is 0. The molecule has 7 nitrogen and oxygen atoms in total. The molecule has 5 rings (SSSR count). The van der Waals surface area contributed by atoms with Crippen LogP contribution in [0, 0.1) is 6.92 Å². The molecule has 9 heteroatoms. The van der Waals surface area contributed by atoms with Crippen LogP contribution >= 0.6 is 23.2 Å². The van der Waals surface area contributed by atoms with E-state index in [0.717, 1.165) is 17.2 Å². The summed E-state index contributed by atoms with van der Waals surface area (Å²) >= 11 is 12.4. The molecule has 1 aliphatic heterocycles. The average molecular weight is 525 g/mol. The van der Waals surface area contributed by atoms with E-state index in [0.29, 0.717) is 65.7 Å². The Hall–Kier alpha value is -3.42. The third-order valence-corrected chi connectivity index (χ3v) is 6.88. The summed E-state index contributed by atoms with van der Waals surface area (Å²) in [5.74, 6) is 2.11. The Morgan fingerprint density at radius 2 is 1.78 bits per heavy atom. The zero-order valence-corrected chi connectivity index (χ0v) is 21.6. The van der Waals surface area contributed by atoms with Gasteiger partial charge in [0.15, 0.2) is 5.76 Å². The number of amides is 1. The molecule has 0 unspecified atom stereocenters. The number of hydrogen-bond acceptors (Lipinski definition) is 5. The van der Waals surface area contributed by atoms with Crippen LogP contribution in [0.4, 0.5) is 5.69 Å². The zero-order chi connectivity index (χ0) is 25.2. The van der Waals surface area contributed by atoms with Crippen molar-refractivity contribution in [3.8, 4) is 22.9 Å². The quantitative estimate of drug-likeness (QED) is 0.304. The Morgan fingerprint density at radius 1 is 1.00 bits per heavy atom. The lowest BCUT2D eigenvalue weighted by atomic mass is 10.2. The highest BCUT2D eigenvalue weighted by molar-refractivity contribution is 6.42. The Kier molecular flexibility index (Phi) is 6.94. The smallest absolute Gasteiger partial charge is 0.272 e. The van der Waals surface area contributed by atoms with Gasteiger partial charge in [-0.2, -0.15) is 5.10 Å². The van der Waals surface area contributed by atoms with E-state index in [9.17, 15) is 4.79 Å². The number of benzene rings is 2. The summed E-state index contributed by atoms with van der Waals surface area (Å²) in [7, 11) is 0. The number of carbonyl (C=O) groups excluding carboxylic acids is 1. The number of hydrogen-bond donors (Lipinski definition) is 0. The fourth-order valence-electron chi connectivity index (χ4n) is 4.35. The number of piperazine rings is 1. The summed E-state index contributed by atoms with van der Waals surface area (Å²) in [6, 6.07) is 18.7. The van der Waals surface area contributed by atoms with Crippen LogP contribution in [0.1, 0.15) is 23.2 Å². The van der Waals surface area contributed by atoms with Gasteiger partial charge in [-0.05, 0) is 56.3 Å². The van der Waals surface area contributed by atoms with Crippen molar-refractivity contribution in [3.05, 3.63) is 82.2 Å². The topological polar surface area (TPSA) is 63.7 Å². The third-order valence-electron chi connectivity index (χ3n) is 6.14. The van der Waals surface area contributed by atoms with Crippen LogP contribution in [0.25, 0.3) is 17.1 Å². The van der Waals surface area contributed by atoms with E-state index in [2.05, 4.69) is 11.0 Å². The SMILES string of the molecule is CCOc1ccccc1N1CCN(C(=O)c2cc(-c3ccc(C)o3)nn2-c2ccc(Cl)c(Cl)c2)CC1. The lowest BCUT2D eigenvalue weighted by Crippen LogP contribution is -2.49. The van der Waals surface area contributed by atoms with Gasteiger partial charge < -0.3 is 19.0 Å². The number of halogens is 2. The largest absolute Gasteiger partial charge is 0.492 e. The number of rotatable bonds is 6. The van der Waals surface area contributed by atoms with Crippen LogP contribution < -0.4 is 9.64 Å². The fraction of sp³-hybridized carbons (Fsp3) is 0.259. The first-order chi connectivity index (χ1) is 17.4. The van der Waals surface area contributed by atoms with Gasteiger partial charge in [0.2, 0.25) is 0 Å². The van der Waals surface area contributed by atoms with Crippen molar-refractivity contribution < 1.29 is 13.9 Å². The highest BCUT2D eigenvalue weighted by Gasteiger charge is 2.28. The third kappa shape index (κ3) is 4.81. The molecule has 1 saturated heterocycles. The highest BCUT2D eigenvalue weighted by Crippen LogP contribution is 2.31. The minimum atomic E-state index is -0.110. The van der Waals surface area contributed by atoms with Crippen LogP contribution in [0.2, 0.25) is 10.0 Å². The number of carbonyl (C=O) groups is 1. The predicted octanol–water partition coefficient (Wildman–Crippen LogP) is 6.11. The monoisotopic (exact) mass is 524 g/mol. The van der Waals surface area contributed by atoms with E-state index in [4.69, 9.17) is 37.5 Å². The van der Waals surface area contributed by atoms with Gasteiger partial charge in [-0.25, -0.2) is 4.68 Å². The van der Waals surface area contributed by atoms with E-state index in [-0.39, 0.29) is 5.91 Å².